The number of aliphatic carboxylic acids is 1. The molecule has 3 aromatic carbocycles. The largest absolute Gasteiger partial charge is 0.497 e. The van der Waals surface area contributed by atoms with Crippen LogP contribution >= 0.6 is 11.8 Å². The van der Waals surface area contributed by atoms with Gasteiger partial charge in [0.2, 0.25) is 106 Å². The summed E-state index contributed by atoms with van der Waals surface area (Å²) in [5.74, 6) is -21.1. The van der Waals surface area contributed by atoms with Crippen LogP contribution < -0.4 is 75.1 Å². The van der Waals surface area contributed by atoms with Gasteiger partial charge in [0.15, 0.2) is 0 Å². The number of carbonyl (C=O) groups excluding carboxylic acids is 18. The number of aliphatic hydroxyl groups is 4. The maximum atomic E-state index is 15.8. The molecule has 0 radical (unpaired) electrons. The van der Waals surface area contributed by atoms with E-state index in [0.717, 1.165) is 24.5 Å². The molecule has 8 rings (SSSR count). The van der Waals surface area contributed by atoms with Gasteiger partial charge < -0.3 is 135 Å². The number of rotatable bonds is 26. The first kappa shape index (κ1) is 105. The summed E-state index contributed by atoms with van der Waals surface area (Å²) in [5.41, 5.74) is 18.6. The van der Waals surface area contributed by atoms with Crippen LogP contribution in [0.4, 0.5) is 0 Å². The number of nitrogens with two attached hydrogens (primary N) is 3. The van der Waals surface area contributed by atoms with Crippen LogP contribution in [0, 0.1) is 0 Å². The number of hydrogen-bond acceptors (Lipinski definition) is 25. The first-order chi connectivity index (χ1) is 63.3. The highest BCUT2D eigenvalue weighted by Gasteiger charge is 2.47. The summed E-state index contributed by atoms with van der Waals surface area (Å²) in [4.78, 5) is 279. The Morgan fingerprint density at radius 2 is 1.07 bits per heavy atom. The number of carbonyl (C=O) groups is 19. The van der Waals surface area contributed by atoms with Gasteiger partial charge in [0.25, 0.3) is 0 Å². The van der Waals surface area contributed by atoms with Crippen molar-refractivity contribution in [2.24, 2.45) is 17.2 Å². The van der Waals surface area contributed by atoms with E-state index in [1.54, 1.807) is 86.6 Å². The molecule has 3 aliphatic rings. The number of H-pyrrole nitrogens is 1. The van der Waals surface area contributed by atoms with E-state index in [2.05, 4.69) is 58.2 Å². The van der Waals surface area contributed by atoms with Crippen LogP contribution in [0.1, 0.15) is 115 Å². The zero-order valence-corrected chi connectivity index (χ0v) is 75.8. The molecular weight excluding hydrogens is 1760 g/mol. The molecule has 0 saturated carbocycles. The Bertz CT molecular complexity index is 5070. The van der Waals surface area contributed by atoms with Crippen molar-refractivity contribution in [1.29, 1.82) is 0 Å². The van der Waals surface area contributed by atoms with Crippen LogP contribution in [0.15, 0.2) is 85.2 Å². The SMILES string of the molecule is CCCC[C@H]1C(=O)N(C)[C@@H](CCCC)C(=O)N[C@@H](CO)C(=O)N[C@H](C(=O)NCC(N)=O)CSCC(=O)N[C@@H](Cc2ccc(OC)cc2)C(=O)N(C)[C@@H](C)C(=O)N[C@H](CC(N)=O)C(=O)N2CCC[C@H]2C(=O)N[C@@H](CO)C(=O)N[C@@H](CCC(N)=O)C(=O)N2C[C@H](O)C[C@H]2C(=O)N[C@@H](Cc2c[nH]c3ccccc23)C(=O)N[C@@H](CO)C(=O)N[C@@H](Cc2cn(CC(=O)O)c3ccccc23)C(=O)N1C. The van der Waals surface area contributed by atoms with Crippen molar-refractivity contribution < 1.29 is 121 Å². The molecule has 3 saturated heterocycles. The Hall–Kier alpha value is -13.3. The van der Waals surface area contributed by atoms with Crippen LogP contribution in [0.25, 0.3) is 21.8 Å². The second-order valence-electron chi connectivity index (χ2n) is 33.0. The fourth-order valence-corrected chi connectivity index (χ4v) is 16.9. The minimum atomic E-state index is -2.01. The minimum Gasteiger partial charge on any atom is -0.497 e. The van der Waals surface area contributed by atoms with Gasteiger partial charge >= 0.3 is 5.97 Å². The number of methoxy groups -OCH3 is 1. The number of hydrogen-bond donors (Lipinski definition) is 19. The summed E-state index contributed by atoms with van der Waals surface area (Å²) in [5, 5.41) is 79.9. The van der Waals surface area contributed by atoms with Crippen molar-refractivity contribution >= 4 is 146 Å². The molecule has 46 heteroatoms. The summed E-state index contributed by atoms with van der Waals surface area (Å²) in [7, 11) is 5.10. The number of amides is 18. The fourth-order valence-electron chi connectivity index (χ4n) is 16.0. The summed E-state index contributed by atoms with van der Waals surface area (Å²) in [6.45, 7) is -0.888. The number of carboxylic acids is 1. The number of fused-ring (bicyclic) bond motifs is 4. The van der Waals surface area contributed by atoms with Gasteiger partial charge in [-0.3, -0.25) is 91.1 Å². The van der Waals surface area contributed by atoms with Gasteiger partial charge in [-0.05, 0) is 80.0 Å². The van der Waals surface area contributed by atoms with Gasteiger partial charge in [-0.15, -0.1) is 11.8 Å². The summed E-state index contributed by atoms with van der Waals surface area (Å²) >= 11 is 0.712. The van der Waals surface area contributed by atoms with E-state index in [4.69, 9.17) is 21.9 Å². The number of likely N-dealkylation sites (N-methyl/N-ethyl adjacent to an activating group) is 3. The Morgan fingerprint density at radius 3 is 1.68 bits per heavy atom. The maximum Gasteiger partial charge on any atom is 0.323 e. The van der Waals surface area contributed by atoms with Crippen LogP contribution in [0.5, 0.6) is 5.75 Å². The number of benzene rings is 3. The lowest BCUT2D eigenvalue weighted by Crippen LogP contribution is -2.62. The second kappa shape index (κ2) is 49.8. The number of aliphatic hydroxyl groups excluding tert-OH is 4. The number of unbranched alkanes of at least 4 members (excludes halogenated alkanes) is 2. The Kier molecular flexibility index (Phi) is 39.3. The Morgan fingerprint density at radius 1 is 0.534 bits per heavy atom. The smallest absolute Gasteiger partial charge is 0.323 e. The normalized spacial score (nSPS) is 24.9. The first-order valence-corrected chi connectivity index (χ1v) is 44.7. The number of nitrogens with one attached hydrogen (secondary N) is 11. The molecule has 45 nitrogen and oxygen atoms in total. The van der Waals surface area contributed by atoms with Gasteiger partial charge in [-0.2, -0.15) is 0 Å². The number of primary amides is 3. The number of ether oxygens (including phenoxy) is 1. The third-order valence-corrected chi connectivity index (χ3v) is 24.5. The van der Waals surface area contributed by atoms with E-state index in [9.17, 15) is 87.9 Å². The highest BCUT2D eigenvalue weighted by Crippen LogP contribution is 2.29. The Balaban J connectivity index is 1.19. The van der Waals surface area contributed by atoms with Crippen molar-refractivity contribution in [2.45, 2.75) is 214 Å². The number of aromatic amines is 1. The van der Waals surface area contributed by atoms with E-state index in [1.807, 2.05) is 0 Å². The number of nitrogens with zero attached hydrogens (tertiary/aromatic N) is 6. The molecule has 0 bridgehead atoms. The number of thioether (sulfide) groups is 1. The third-order valence-electron chi connectivity index (χ3n) is 23.4. The second-order valence-corrected chi connectivity index (χ2v) is 34.0. The zero-order chi connectivity index (χ0) is 97.8. The molecule has 5 heterocycles. The van der Waals surface area contributed by atoms with Crippen LogP contribution in [-0.2, 0) is 117 Å². The molecule has 2 aromatic heterocycles. The standard InChI is InChI=1S/C87H120N20O25S/c1-8-10-20-65-80(124)99-62(43-110)79(123)101-63(75(119)92-37-71(90)114)44-133-45-72(115)93-57(31-47-24-26-51(132-7)27-25-47)83(127)102(4)46(3)74(118)96-59(35-70(89)113)86(130)106-30-16-23-66(106)81(125)100-61(42-109)77(121)94-55(28-29-69(88)112)85(129)107-39-50(111)34-68(107)82(126)95-56(32-48-36-91-54-19-14-12-17-52(48)54)76(120)98-60(41-108)78(122)97-58(84(128)104(6)67(21-11-9-2)87(131)103(65)5)33-49-38-105(40-73(116)117)64-22-15-13-18-53(49)64/h12-15,17-19,22,24-27,36,38,46,50,55-63,65-68,91,108-111H,8-11,16,20-21,23,28-35,37,39-45H2,1-7H3,(H2,88,112)(H2,89,113)(H2,90,114)(H,92,119)(H,93,115)(H,94,121)(H,95,126)(H,96,118)(H,97,122)(H,98,120)(H,99,124)(H,100,125)(H,101,123)(H,116,117)/t46-,50+,55-,56-,57-,58-,59+,60-,61-,62-,63-,65-,66-,67-,68-/m0/s1. The van der Waals surface area contributed by atoms with Crippen molar-refractivity contribution in [3.8, 4) is 5.75 Å². The van der Waals surface area contributed by atoms with E-state index < -0.39 is 292 Å². The number of carboxylic acid groups (broad SMARTS) is 1. The monoisotopic (exact) mass is 1880 g/mol. The van der Waals surface area contributed by atoms with Crippen molar-refractivity contribution in [3.63, 3.8) is 0 Å². The highest BCUT2D eigenvalue weighted by atomic mass is 32.2. The van der Waals surface area contributed by atoms with Crippen LogP contribution in [0.2, 0.25) is 0 Å². The average molecular weight is 1880 g/mol. The van der Waals surface area contributed by atoms with Gasteiger partial charge in [-0.25, -0.2) is 0 Å². The number of para-hydroxylation sites is 2. The molecule has 0 unspecified atom stereocenters. The molecule has 3 fully saturated rings. The third kappa shape index (κ3) is 28.6. The van der Waals surface area contributed by atoms with E-state index in [-0.39, 0.29) is 57.1 Å². The quantitative estimate of drug-likeness (QED) is 0.0245. The molecule has 133 heavy (non-hydrogen) atoms. The first-order valence-electron chi connectivity index (χ1n) is 43.6. The van der Waals surface area contributed by atoms with Crippen molar-refractivity contribution in [1.82, 2.24) is 87.2 Å². The topological polar surface area (TPSA) is 670 Å². The lowest BCUT2D eigenvalue weighted by Gasteiger charge is -2.36. The molecule has 22 N–H and O–H groups in total. The average Bonchev–Trinajstić information content (AvgIpc) is 1.69. The number of aromatic nitrogens is 2. The van der Waals surface area contributed by atoms with Crippen molar-refractivity contribution in [2.75, 3.05) is 79.2 Å². The zero-order valence-electron chi connectivity index (χ0n) is 74.9. The molecule has 0 aliphatic carbocycles. The molecule has 0 spiro atoms. The predicted molar refractivity (Wildman–Crippen MR) is 478 cm³/mol. The maximum absolute atomic E-state index is 15.8. The van der Waals surface area contributed by atoms with Crippen LogP contribution in [-0.4, -0.2) is 342 Å². The van der Waals surface area contributed by atoms with E-state index in [1.165, 1.54) is 52.1 Å². The van der Waals surface area contributed by atoms with E-state index in [0.29, 0.717) is 63.3 Å². The van der Waals surface area contributed by atoms with Crippen LogP contribution in [0.3, 0.4) is 0 Å². The summed E-state index contributed by atoms with van der Waals surface area (Å²) in [6, 6.07) is -4.50. The molecule has 3 aliphatic heterocycles. The van der Waals surface area contributed by atoms with E-state index >= 15 is 28.8 Å². The molecular formula is C87H120N20O25S. The van der Waals surface area contributed by atoms with Gasteiger partial charge in [-0.1, -0.05) is 88.1 Å². The lowest BCUT2D eigenvalue weighted by atomic mass is 10.00. The Labute approximate surface area is 769 Å². The predicted octanol–water partition coefficient (Wildman–Crippen LogP) is -6.09. The molecule has 18 amide bonds. The van der Waals surface area contributed by atoms with Crippen molar-refractivity contribution in [3.05, 3.63) is 102 Å². The minimum absolute atomic E-state index is 0.0996. The molecule has 724 valence electrons. The fraction of sp³-hybridized carbons (Fsp3) is 0.529. The van der Waals surface area contributed by atoms with Gasteiger partial charge in [0.05, 0.1) is 51.8 Å². The molecule has 15 atom stereocenters. The summed E-state index contributed by atoms with van der Waals surface area (Å²) in [6.07, 6.45) is -1.12. The van der Waals surface area contributed by atoms with Gasteiger partial charge in [0.1, 0.15) is 96.9 Å². The lowest BCUT2D eigenvalue weighted by molar-refractivity contribution is -0.149. The van der Waals surface area contributed by atoms with Gasteiger partial charge in [0, 0.05) is 106 Å². The summed E-state index contributed by atoms with van der Waals surface area (Å²) < 4.78 is 6.68. The molecule has 5 aromatic rings. The highest BCUT2D eigenvalue weighted by molar-refractivity contribution is 8.00.